The first-order chi connectivity index (χ1) is 11.2. The van der Waals surface area contributed by atoms with E-state index in [1.54, 1.807) is 0 Å². The van der Waals surface area contributed by atoms with Gasteiger partial charge in [-0.15, -0.1) is 0 Å². The van der Waals surface area contributed by atoms with Crippen LogP contribution in [0.3, 0.4) is 0 Å². The van der Waals surface area contributed by atoms with E-state index >= 15 is 0 Å². The van der Waals surface area contributed by atoms with Crippen molar-refractivity contribution in [1.29, 1.82) is 0 Å². The molecule has 3 rings (SSSR count). The Hall–Kier alpha value is -1.24. The number of amides is 1. The molecule has 7 heteroatoms. The number of carbonyl (C=O) groups excluding carboxylic acids is 1. The molecule has 0 unspecified atom stereocenters. The Balaban J connectivity index is 1.41. The second-order valence-electron chi connectivity index (χ2n) is 6.66. The summed E-state index contributed by atoms with van der Waals surface area (Å²) in [5.41, 5.74) is 0. The molecule has 0 spiro atoms. The van der Waals surface area contributed by atoms with E-state index in [4.69, 9.17) is 4.52 Å². The molecule has 2 aliphatic carbocycles. The molecule has 1 amide bonds. The zero-order valence-electron chi connectivity index (χ0n) is 13.5. The Morgan fingerprint density at radius 1 is 1.13 bits per heavy atom. The number of aromatic nitrogens is 2. The average Bonchev–Trinajstić information content (AvgIpc) is 3.22. The smallest absolute Gasteiger partial charge is 0.239 e. The molecule has 128 valence electrons. The molecule has 2 aliphatic rings. The molecule has 2 saturated carbocycles. The zero-order chi connectivity index (χ0) is 16.1. The van der Waals surface area contributed by atoms with Gasteiger partial charge in [0.25, 0.3) is 0 Å². The van der Waals surface area contributed by atoms with Gasteiger partial charge in [-0.3, -0.25) is 9.00 Å². The van der Waals surface area contributed by atoms with Gasteiger partial charge in [0.1, 0.15) is 11.5 Å². The fourth-order valence-electron chi connectivity index (χ4n) is 3.04. The van der Waals surface area contributed by atoms with Crippen molar-refractivity contribution in [1.82, 2.24) is 15.5 Å². The van der Waals surface area contributed by atoms with Crippen molar-refractivity contribution in [3.05, 3.63) is 11.7 Å². The SMILES string of the molecule is O=C(C[S@@](=O)Cc1nc(C2CC2)no1)NC1CCCCCCC1. The van der Waals surface area contributed by atoms with Gasteiger partial charge in [0.15, 0.2) is 5.82 Å². The van der Waals surface area contributed by atoms with Crippen molar-refractivity contribution >= 4 is 16.7 Å². The maximum absolute atomic E-state index is 12.1. The van der Waals surface area contributed by atoms with Gasteiger partial charge < -0.3 is 9.84 Å². The lowest BCUT2D eigenvalue weighted by Gasteiger charge is -2.20. The van der Waals surface area contributed by atoms with Crippen LogP contribution in [0.15, 0.2) is 4.52 Å². The number of hydrogen-bond acceptors (Lipinski definition) is 5. The first-order valence-corrected chi connectivity index (χ1v) is 10.2. The highest BCUT2D eigenvalue weighted by Gasteiger charge is 2.29. The number of hydrogen-bond donors (Lipinski definition) is 1. The average molecular weight is 339 g/mol. The highest BCUT2D eigenvalue weighted by molar-refractivity contribution is 7.84. The lowest BCUT2D eigenvalue weighted by atomic mass is 9.97. The topological polar surface area (TPSA) is 85.1 Å². The van der Waals surface area contributed by atoms with Gasteiger partial charge in [0.2, 0.25) is 11.8 Å². The van der Waals surface area contributed by atoms with E-state index in [1.807, 2.05) is 0 Å². The van der Waals surface area contributed by atoms with Crippen LogP contribution in [0.4, 0.5) is 0 Å². The van der Waals surface area contributed by atoms with Crippen molar-refractivity contribution in [2.24, 2.45) is 0 Å². The standard InChI is InChI=1S/C16H25N3O3S/c20-14(17-13-6-4-2-1-3-5-7-13)10-23(21)11-15-18-16(19-22-15)12-8-9-12/h12-13H,1-11H2,(H,17,20)/t23-/m1/s1. The summed E-state index contributed by atoms with van der Waals surface area (Å²) in [5, 5.41) is 6.94. The number of nitrogens with one attached hydrogen (secondary N) is 1. The normalized spacial score (nSPS) is 21.4. The van der Waals surface area contributed by atoms with Crippen molar-refractivity contribution in [2.75, 3.05) is 5.75 Å². The second-order valence-corrected chi connectivity index (χ2v) is 8.12. The third kappa shape index (κ3) is 5.41. The van der Waals surface area contributed by atoms with Crippen molar-refractivity contribution in [2.45, 2.75) is 75.5 Å². The Labute approximate surface area is 139 Å². The summed E-state index contributed by atoms with van der Waals surface area (Å²) in [7, 11) is -1.30. The summed E-state index contributed by atoms with van der Waals surface area (Å²) in [6.45, 7) is 0. The predicted octanol–water partition coefficient (Wildman–Crippen LogP) is 2.42. The van der Waals surface area contributed by atoms with E-state index in [0.717, 1.165) is 31.5 Å². The molecule has 1 atom stereocenters. The molecule has 6 nitrogen and oxygen atoms in total. The summed E-state index contributed by atoms with van der Waals surface area (Å²) in [6, 6.07) is 0.240. The van der Waals surface area contributed by atoms with E-state index in [0.29, 0.717) is 11.8 Å². The van der Waals surface area contributed by atoms with Gasteiger partial charge in [0.05, 0.1) is 0 Å². The summed E-state index contributed by atoms with van der Waals surface area (Å²) in [6.07, 6.45) is 10.4. The maximum atomic E-state index is 12.1. The predicted molar refractivity (Wildman–Crippen MR) is 87.2 cm³/mol. The Morgan fingerprint density at radius 2 is 1.83 bits per heavy atom. The van der Waals surface area contributed by atoms with E-state index in [1.165, 1.54) is 32.1 Å². The summed E-state index contributed by atoms with van der Waals surface area (Å²) >= 11 is 0. The molecule has 1 aromatic rings. The quantitative estimate of drug-likeness (QED) is 0.860. The molecule has 23 heavy (non-hydrogen) atoms. The first-order valence-electron chi connectivity index (χ1n) is 8.67. The molecule has 0 aliphatic heterocycles. The number of carbonyl (C=O) groups is 1. The fourth-order valence-corrected chi connectivity index (χ4v) is 3.91. The summed E-state index contributed by atoms with van der Waals surface area (Å²) < 4.78 is 17.2. The summed E-state index contributed by atoms with van der Waals surface area (Å²) in [5.74, 6) is 1.56. The van der Waals surface area contributed by atoms with E-state index in [2.05, 4.69) is 15.5 Å². The van der Waals surface area contributed by atoms with Gasteiger partial charge in [-0.1, -0.05) is 37.3 Å². The van der Waals surface area contributed by atoms with Crippen molar-refractivity contribution in [3.63, 3.8) is 0 Å². The van der Waals surface area contributed by atoms with E-state index in [9.17, 15) is 9.00 Å². The van der Waals surface area contributed by atoms with Crippen LogP contribution in [-0.2, 0) is 21.3 Å². The highest BCUT2D eigenvalue weighted by atomic mass is 32.2. The van der Waals surface area contributed by atoms with Crippen molar-refractivity contribution in [3.8, 4) is 0 Å². The van der Waals surface area contributed by atoms with E-state index in [-0.39, 0.29) is 23.5 Å². The molecular formula is C16H25N3O3S. The molecular weight excluding hydrogens is 314 g/mol. The summed E-state index contributed by atoms with van der Waals surface area (Å²) in [4.78, 5) is 16.3. The third-order valence-corrected chi connectivity index (χ3v) is 5.63. The largest absolute Gasteiger partial charge is 0.353 e. The number of rotatable bonds is 6. The Bertz CT molecular complexity index is 549. The van der Waals surface area contributed by atoms with Crippen LogP contribution in [0.2, 0.25) is 0 Å². The maximum Gasteiger partial charge on any atom is 0.239 e. The molecule has 0 bridgehead atoms. The highest BCUT2D eigenvalue weighted by Crippen LogP contribution is 2.38. The lowest BCUT2D eigenvalue weighted by Crippen LogP contribution is -2.38. The van der Waals surface area contributed by atoms with Crippen LogP contribution < -0.4 is 5.32 Å². The fraction of sp³-hybridized carbons (Fsp3) is 0.812. The Kier molecular flexibility index (Phi) is 5.80. The lowest BCUT2D eigenvalue weighted by molar-refractivity contribution is -0.119. The molecule has 2 fully saturated rings. The number of nitrogens with zero attached hydrogens (tertiary/aromatic N) is 2. The van der Waals surface area contributed by atoms with Crippen LogP contribution in [0.1, 0.15) is 75.4 Å². The van der Waals surface area contributed by atoms with Crippen LogP contribution in [-0.4, -0.2) is 32.1 Å². The third-order valence-electron chi connectivity index (χ3n) is 4.47. The minimum Gasteiger partial charge on any atom is -0.353 e. The zero-order valence-corrected chi connectivity index (χ0v) is 14.3. The van der Waals surface area contributed by atoms with Gasteiger partial charge in [-0.05, 0) is 25.7 Å². The van der Waals surface area contributed by atoms with Crippen LogP contribution >= 0.6 is 0 Å². The second kappa shape index (κ2) is 8.04. The monoisotopic (exact) mass is 339 g/mol. The van der Waals surface area contributed by atoms with E-state index < -0.39 is 10.8 Å². The van der Waals surface area contributed by atoms with Gasteiger partial charge in [0, 0.05) is 22.8 Å². The molecule has 1 aromatic heterocycles. The first kappa shape index (κ1) is 16.6. The molecule has 1 heterocycles. The van der Waals surface area contributed by atoms with Crippen LogP contribution in [0.5, 0.6) is 0 Å². The van der Waals surface area contributed by atoms with Crippen molar-refractivity contribution < 1.29 is 13.5 Å². The Morgan fingerprint density at radius 3 is 2.52 bits per heavy atom. The minimum absolute atomic E-state index is 0.0115. The minimum atomic E-state index is -1.30. The molecule has 0 radical (unpaired) electrons. The van der Waals surface area contributed by atoms with Gasteiger partial charge in [-0.25, -0.2) is 0 Å². The van der Waals surface area contributed by atoms with Gasteiger partial charge in [-0.2, -0.15) is 4.98 Å². The molecule has 1 N–H and O–H groups in total. The van der Waals surface area contributed by atoms with Gasteiger partial charge >= 0.3 is 0 Å². The molecule has 0 aromatic carbocycles. The molecule has 0 saturated heterocycles. The van der Waals surface area contributed by atoms with Crippen LogP contribution in [0.25, 0.3) is 0 Å². The van der Waals surface area contributed by atoms with Crippen LogP contribution in [0, 0.1) is 0 Å².